The van der Waals surface area contributed by atoms with Gasteiger partial charge in [-0.15, -0.1) is 0 Å². The molecule has 1 aromatic heterocycles. The molecule has 0 fully saturated rings. The lowest BCUT2D eigenvalue weighted by Gasteiger charge is -2.12. The Morgan fingerprint density at radius 2 is 1.97 bits per heavy atom. The molecule has 0 aliphatic rings. The number of nitro groups is 1. The molecule has 0 saturated carbocycles. The number of benzene rings is 2. The smallest absolute Gasteiger partial charge is 0.328 e. The Kier molecular flexibility index (Phi) is 5.72. The Balaban J connectivity index is 2.16. The molecule has 0 bridgehead atoms. The maximum absolute atomic E-state index is 13.3. The first kappa shape index (κ1) is 21.5. The summed E-state index contributed by atoms with van der Waals surface area (Å²) in [4.78, 5) is 27.3. The van der Waals surface area contributed by atoms with Gasteiger partial charge in [0.2, 0.25) is 11.6 Å². The predicted molar refractivity (Wildman–Crippen MR) is 104 cm³/mol. The third kappa shape index (κ3) is 4.22. The first-order chi connectivity index (χ1) is 14.6. The van der Waals surface area contributed by atoms with Gasteiger partial charge in [-0.1, -0.05) is 19.0 Å². The van der Waals surface area contributed by atoms with E-state index in [1.165, 1.54) is 6.07 Å². The maximum Gasteiger partial charge on any atom is 0.328 e. The second-order valence-corrected chi connectivity index (χ2v) is 6.97. The minimum Gasteiger partial charge on any atom is -0.505 e. The van der Waals surface area contributed by atoms with Gasteiger partial charge in [0, 0.05) is 12.1 Å². The molecule has 0 unspecified atom stereocenters. The second kappa shape index (κ2) is 8.26. The van der Waals surface area contributed by atoms with Crippen LogP contribution in [0.3, 0.4) is 0 Å². The zero-order valence-corrected chi connectivity index (χ0v) is 16.3. The van der Waals surface area contributed by atoms with E-state index >= 15 is 0 Å². The summed E-state index contributed by atoms with van der Waals surface area (Å²) >= 11 is 0. The van der Waals surface area contributed by atoms with Crippen LogP contribution in [0, 0.1) is 21.8 Å². The van der Waals surface area contributed by atoms with Gasteiger partial charge in [0.05, 0.1) is 10.5 Å². The van der Waals surface area contributed by atoms with E-state index in [9.17, 15) is 34.6 Å². The first-order valence-corrected chi connectivity index (χ1v) is 8.94. The molecule has 0 saturated heterocycles. The number of hydrogen-bond donors (Lipinski definition) is 4. The van der Waals surface area contributed by atoms with Gasteiger partial charge in [0.25, 0.3) is 11.8 Å². The van der Waals surface area contributed by atoms with Crippen LogP contribution in [0.2, 0.25) is 0 Å². The lowest BCUT2D eigenvalue weighted by molar-refractivity contribution is -0.386. The minimum atomic E-state index is -1.09. The van der Waals surface area contributed by atoms with Gasteiger partial charge in [-0.05, 0) is 30.2 Å². The largest absolute Gasteiger partial charge is 0.505 e. The summed E-state index contributed by atoms with van der Waals surface area (Å²) in [6.07, 6.45) is 0. The zero-order valence-electron chi connectivity index (χ0n) is 16.3. The van der Waals surface area contributed by atoms with E-state index in [4.69, 9.17) is 4.52 Å². The van der Waals surface area contributed by atoms with E-state index in [1.807, 2.05) is 13.8 Å². The summed E-state index contributed by atoms with van der Waals surface area (Å²) in [5.41, 5.74) is -1.75. The third-order valence-corrected chi connectivity index (χ3v) is 4.20. The van der Waals surface area contributed by atoms with Gasteiger partial charge in [-0.2, -0.15) is 4.98 Å². The summed E-state index contributed by atoms with van der Waals surface area (Å²) in [6, 6.07) is 4.16. The van der Waals surface area contributed by atoms with Crippen molar-refractivity contribution in [2.75, 3.05) is 6.54 Å². The van der Waals surface area contributed by atoms with E-state index in [0.29, 0.717) is 0 Å². The van der Waals surface area contributed by atoms with Gasteiger partial charge in [0.1, 0.15) is 5.56 Å². The number of phenolic OH excluding ortho intramolecular Hbond substituents is 3. The number of amides is 1. The van der Waals surface area contributed by atoms with Crippen molar-refractivity contribution in [3.05, 3.63) is 45.8 Å². The molecule has 2 aromatic carbocycles. The number of hydrogen-bond acceptors (Lipinski definition) is 9. The number of phenols is 3. The predicted octanol–water partition coefficient (Wildman–Crippen LogP) is 2.95. The second-order valence-electron chi connectivity index (χ2n) is 6.97. The van der Waals surface area contributed by atoms with Crippen molar-refractivity contribution in [3.63, 3.8) is 0 Å². The number of aromatic nitrogens is 2. The molecule has 0 spiro atoms. The van der Waals surface area contributed by atoms with Crippen molar-refractivity contribution in [1.29, 1.82) is 0 Å². The fraction of sp³-hybridized carbons (Fsp3) is 0.211. The number of nitro benzene ring substituents is 1. The monoisotopic (exact) mass is 432 g/mol. The molecule has 12 heteroatoms. The minimum absolute atomic E-state index is 0.0262. The summed E-state index contributed by atoms with van der Waals surface area (Å²) in [6.45, 7) is 3.81. The van der Waals surface area contributed by atoms with Crippen molar-refractivity contribution in [1.82, 2.24) is 15.5 Å². The fourth-order valence-electron chi connectivity index (χ4n) is 2.71. The molecule has 3 rings (SSSR count). The van der Waals surface area contributed by atoms with E-state index in [1.54, 1.807) is 0 Å². The topological polar surface area (TPSA) is 172 Å². The lowest BCUT2D eigenvalue weighted by atomic mass is 10.0. The molecule has 0 atom stereocenters. The van der Waals surface area contributed by atoms with Crippen molar-refractivity contribution in [2.45, 2.75) is 13.8 Å². The average molecular weight is 432 g/mol. The van der Waals surface area contributed by atoms with Crippen LogP contribution in [-0.2, 0) is 0 Å². The molecule has 4 N–H and O–H groups in total. The summed E-state index contributed by atoms with van der Waals surface area (Å²) < 4.78 is 18.4. The van der Waals surface area contributed by atoms with Gasteiger partial charge in [0.15, 0.2) is 17.3 Å². The molecular weight excluding hydrogens is 415 g/mol. The molecule has 162 valence electrons. The SMILES string of the molecule is CC(C)CNC(=O)c1c(-c2nc(-c3ccc(F)c(O)c3)no2)cc(O)c(O)c1[N+](=O)[O-]. The molecule has 1 heterocycles. The molecule has 0 aliphatic heterocycles. The lowest BCUT2D eigenvalue weighted by Crippen LogP contribution is -2.28. The number of aromatic hydroxyl groups is 3. The standard InChI is InChI=1S/C19H17FN4O7/c1-8(2)7-21-18(28)14-10(6-13(26)16(27)15(14)24(29)30)19-22-17(23-31-19)9-3-4-11(20)12(25)5-9/h3-6,8,25-27H,7H2,1-2H3,(H,21,28). The number of halogens is 1. The van der Waals surface area contributed by atoms with Crippen molar-refractivity contribution < 1.29 is 34.0 Å². The van der Waals surface area contributed by atoms with Crippen molar-refractivity contribution in [2.24, 2.45) is 5.92 Å². The Morgan fingerprint density at radius 3 is 2.58 bits per heavy atom. The molecule has 0 aliphatic carbocycles. The van der Waals surface area contributed by atoms with E-state index in [0.717, 1.165) is 18.2 Å². The molecular formula is C19H17FN4O7. The first-order valence-electron chi connectivity index (χ1n) is 8.94. The Morgan fingerprint density at radius 1 is 1.26 bits per heavy atom. The van der Waals surface area contributed by atoms with Crippen molar-refractivity contribution in [3.8, 4) is 40.1 Å². The third-order valence-electron chi connectivity index (χ3n) is 4.20. The number of nitrogens with one attached hydrogen (secondary N) is 1. The summed E-state index contributed by atoms with van der Waals surface area (Å²) in [5.74, 6) is -4.86. The number of carbonyl (C=O) groups excluding carboxylic acids is 1. The van der Waals surface area contributed by atoms with Crippen LogP contribution in [0.25, 0.3) is 22.8 Å². The van der Waals surface area contributed by atoms with E-state index < -0.39 is 45.1 Å². The van der Waals surface area contributed by atoms with Gasteiger partial charge in [-0.25, -0.2) is 4.39 Å². The van der Waals surface area contributed by atoms with Crippen LogP contribution in [0.15, 0.2) is 28.8 Å². The highest BCUT2D eigenvalue weighted by molar-refractivity contribution is 6.05. The maximum atomic E-state index is 13.3. The molecule has 3 aromatic rings. The van der Waals surface area contributed by atoms with Crippen LogP contribution in [0.1, 0.15) is 24.2 Å². The van der Waals surface area contributed by atoms with E-state index in [-0.39, 0.29) is 35.3 Å². The molecule has 0 radical (unpaired) electrons. The molecule has 11 nitrogen and oxygen atoms in total. The number of rotatable bonds is 6. The molecule has 31 heavy (non-hydrogen) atoms. The Hall–Kier alpha value is -4.22. The highest BCUT2D eigenvalue weighted by Crippen LogP contribution is 2.43. The van der Waals surface area contributed by atoms with Crippen LogP contribution in [0.5, 0.6) is 17.2 Å². The summed E-state index contributed by atoms with van der Waals surface area (Å²) in [7, 11) is 0. The van der Waals surface area contributed by atoms with Crippen LogP contribution >= 0.6 is 0 Å². The number of nitrogens with zero attached hydrogens (tertiary/aromatic N) is 3. The van der Waals surface area contributed by atoms with E-state index in [2.05, 4.69) is 15.5 Å². The van der Waals surface area contributed by atoms with Crippen LogP contribution < -0.4 is 5.32 Å². The summed E-state index contributed by atoms with van der Waals surface area (Å²) in [5, 5.41) is 47.2. The van der Waals surface area contributed by atoms with Crippen molar-refractivity contribution >= 4 is 11.6 Å². The normalized spacial score (nSPS) is 11.0. The Labute approximate surface area is 173 Å². The van der Waals surface area contributed by atoms with Crippen LogP contribution in [0.4, 0.5) is 10.1 Å². The highest BCUT2D eigenvalue weighted by atomic mass is 19.1. The average Bonchev–Trinajstić information content (AvgIpc) is 3.19. The van der Waals surface area contributed by atoms with Gasteiger partial charge >= 0.3 is 5.69 Å². The van der Waals surface area contributed by atoms with Crippen LogP contribution in [-0.4, -0.2) is 42.8 Å². The highest BCUT2D eigenvalue weighted by Gasteiger charge is 2.34. The zero-order chi connectivity index (χ0) is 22.9. The Bertz CT molecular complexity index is 1180. The van der Waals surface area contributed by atoms with Gasteiger partial charge < -0.3 is 25.2 Å². The fourth-order valence-corrected chi connectivity index (χ4v) is 2.71. The quantitative estimate of drug-likeness (QED) is 0.259. The molecule has 1 amide bonds. The van der Waals surface area contributed by atoms with Gasteiger partial charge in [-0.3, -0.25) is 14.9 Å². The number of carbonyl (C=O) groups is 1.